The van der Waals surface area contributed by atoms with Gasteiger partial charge in [-0.3, -0.25) is 9.59 Å². The summed E-state index contributed by atoms with van der Waals surface area (Å²) in [5.41, 5.74) is 0.447. The van der Waals surface area contributed by atoms with Gasteiger partial charge in [0.25, 0.3) is 0 Å². The minimum Gasteiger partial charge on any atom is -0.383 e. The van der Waals surface area contributed by atoms with Gasteiger partial charge in [-0.15, -0.1) is 11.3 Å². The van der Waals surface area contributed by atoms with Crippen molar-refractivity contribution in [2.75, 3.05) is 11.9 Å². The van der Waals surface area contributed by atoms with E-state index in [4.69, 9.17) is 0 Å². The first kappa shape index (κ1) is 19.1. The number of hydrogen-bond acceptors (Lipinski definition) is 4. The average molecular weight is 382 g/mol. The maximum Gasteiger partial charge on any atom is 0.313 e. The molecule has 27 heavy (non-hydrogen) atoms. The number of rotatable bonds is 5. The number of amides is 2. The molecular weight excluding hydrogens is 360 g/mol. The van der Waals surface area contributed by atoms with Gasteiger partial charge in [0, 0.05) is 15.3 Å². The standard InChI is InChI=1S/C21H22N2O3S/c1-3-14-8-10-16(11-9-14)23-20(25)19(24)22-13-21(2,26)18-12-15-6-4-5-7-17(15)27-18/h4-12,26H,3,13H2,1-2H3,(H,22,24)(H,23,25). The molecule has 3 rings (SSSR count). The van der Waals surface area contributed by atoms with E-state index in [-0.39, 0.29) is 6.54 Å². The van der Waals surface area contributed by atoms with Crippen LogP contribution < -0.4 is 10.6 Å². The van der Waals surface area contributed by atoms with Crippen LogP contribution in [0.4, 0.5) is 5.69 Å². The van der Waals surface area contributed by atoms with Crippen LogP contribution in [0.1, 0.15) is 24.3 Å². The predicted octanol–water partition coefficient (Wildman–Crippen LogP) is 3.43. The number of carbonyl (C=O) groups excluding carboxylic acids is 2. The van der Waals surface area contributed by atoms with Crippen molar-refractivity contribution in [2.24, 2.45) is 0 Å². The van der Waals surface area contributed by atoms with E-state index in [1.54, 1.807) is 19.1 Å². The van der Waals surface area contributed by atoms with Crippen LogP contribution in [0.15, 0.2) is 54.6 Å². The van der Waals surface area contributed by atoms with Crippen LogP contribution in [0, 0.1) is 0 Å². The Hall–Kier alpha value is -2.70. The molecule has 5 nitrogen and oxygen atoms in total. The van der Waals surface area contributed by atoms with Gasteiger partial charge in [0.05, 0.1) is 6.54 Å². The fraction of sp³-hybridized carbons (Fsp3) is 0.238. The van der Waals surface area contributed by atoms with Crippen LogP contribution in [-0.4, -0.2) is 23.5 Å². The summed E-state index contributed by atoms with van der Waals surface area (Å²) in [7, 11) is 0. The van der Waals surface area contributed by atoms with Crippen LogP contribution in [-0.2, 0) is 21.6 Å². The summed E-state index contributed by atoms with van der Waals surface area (Å²) in [5, 5.41) is 16.8. The van der Waals surface area contributed by atoms with Gasteiger partial charge in [0.1, 0.15) is 5.60 Å². The van der Waals surface area contributed by atoms with Crippen molar-refractivity contribution >= 4 is 38.9 Å². The molecule has 0 aliphatic rings. The van der Waals surface area contributed by atoms with Crippen molar-refractivity contribution in [2.45, 2.75) is 25.9 Å². The van der Waals surface area contributed by atoms with E-state index in [0.29, 0.717) is 5.69 Å². The number of fused-ring (bicyclic) bond motifs is 1. The van der Waals surface area contributed by atoms with E-state index in [2.05, 4.69) is 10.6 Å². The first-order chi connectivity index (χ1) is 12.9. The van der Waals surface area contributed by atoms with E-state index in [1.165, 1.54) is 11.3 Å². The van der Waals surface area contributed by atoms with Gasteiger partial charge < -0.3 is 15.7 Å². The first-order valence-corrected chi connectivity index (χ1v) is 9.60. The van der Waals surface area contributed by atoms with Gasteiger partial charge in [-0.2, -0.15) is 0 Å². The molecule has 0 bridgehead atoms. The third-order valence-corrected chi connectivity index (χ3v) is 5.75. The molecule has 2 amide bonds. The van der Waals surface area contributed by atoms with Gasteiger partial charge in [0.15, 0.2) is 0 Å². The van der Waals surface area contributed by atoms with E-state index in [9.17, 15) is 14.7 Å². The lowest BCUT2D eigenvalue weighted by atomic mass is 10.0. The second-order valence-electron chi connectivity index (χ2n) is 6.61. The quantitative estimate of drug-likeness (QED) is 0.592. The molecule has 0 aliphatic carbocycles. The van der Waals surface area contributed by atoms with Crippen molar-refractivity contribution in [3.63, 3.8) is 0 Å². The number of thiophene rings is 1. The Morgan fingerprint density at radius 2 is 1.78 bits per heavy atom. The molecule has 1 aromatic heterocycles. The highest BCUT2D eigenvalue weighted by molar-refractivity contribution is 7.19. The summed E-state index contributed by atoms with van der Waals surface area (Å²) in [5.74, 6) is -1.54. The fourth-order valence-electron chi connectivity index (χ4n) is 2.68. The molecule has 0 radical (unpaired) electrons. The van der Waals surface area contributed by atoms with Gasteiger partial charge in [0.2, 0.25) is 0 Å². The van der Waals surface area contributed by atoms with Crippen molar-refractivity contribution < 1.29 is 14.7 Å². The topological polar surface area (TPSA) is 78.4 Å². The third kappa shape index (κ3) is 4.53. The second kappa shape index (κ2) is 7.90. The molecule has 0 aliphatic heterocycles. The molecule has 140 valence electrons. The molecule has 1 unspecified atom stereocenters. The van der Waals surface area contributed by atoms with Gasteiger partial charge >= 0.3 is 11.8 Å². The molecule has 0 saturated heterocycles. The van der Waals surface area contributed by atoms with Gasteiger partial charge in [-0.1, -0.05) is 37.3 Å². The summed E-state index contributed by atoms with van der Waals surface area (Å²) in [4.78, 5) is 24.9. The first-order valence-electron chi connectivity index (χ1n) is 8.78. The molecule has 3 N–H and O–H groups in total. The lowest BCUT2D eigenvalue weighted by Crippen LogP contribution is -2.42. The van der Waals surface area contributed by atoms with Gasteiger partial charge in [-0.05, 0) is 48.6 Å². The third-order valence-electron chi connectivity index (χ3n) is 4.38. The van der Waals surface area contributed by atoms with Crippen LogP contribution in [0.25, 0.3) is 10.1 Å². The zero-order valence-corrected chi connectivity index (χ0v) is 16.1. The van der Waals surface area contributed by atoms with Crippen molar-refractivity contribution in [1.29, 1.82) is 0 Å². The van der Waals surface area contributed by atoms with Crippen molar-refractivity contribution in [1.82, 2.24) is 5.32 Å². The molecule has 1 heterocycles. The normalized spacial score (nSPS) is 13.1. The Labute approximate surface area is 162 Å². The van der Waals surface area contributed by atoms with Crippen LogP contribution >= 0.6 is 11.3 Å². The number of benzene rings is 2. The lowest BCUT2D eigenvalue weighted by Gasteiger charge is -2.22. The van der Waals surface area contributed by atoms with E-state index < -0.39 is 17.4 Å². The molecule has 6 heteroatoms. The molecule has 0 spiro atoms. The summed E-state index contributed by atoms with van der Waals surface area (Å²) < 4.78 is 1.06. The highest BCUT2D eigenvalue weighted by atomic mass is 32.1. The molecular formula is C21H22N2O3S. The van der Waals surface area contributed by atoms with Crippen LogP contribution in [0.3, 0.4) is 0 Å². The van der Waals surface area contributed by atoms with Crippen LogP contribution in [0.2, 0.25) is 0 Å². The van der Waals surface area contributed by atoms with Crippen LogP contribution in [0.5, 0.6) is 0 Å². The fourth-order valence-corrected chi connectivity index (χ4v) is 3.79. The molecule has 3 aromatic rings. The Kier molecular flexibility index (Phi) is 5.58. The Bertz CT molecular complexity index is 928. The summed E-state index contributed by atoms with van der Waals surface area (Å²) in [6, 6.07) is 17.1. The maximum absolute atomic E-state index is 12.1. The SMILES string of the molecule is CCc1ccc(NC(=O)C(=O)NCC(C)(O)c2cc3ccccc3s2)cc1. The monoisotopic (exact) mass is 382 g/mol. The number of hydrogen-bond donors (Lipinski definition) is 3. The molecule has 0 fully saturated rings. The van der Waals surface area contributed by atoms with Crippen molar-refractivity contribution in [3.05, 3.63) is 65.0 Å². The number of nitrogens with one attached hydrogen (secondary N) is 2. The minimum atomic E-state index is -1.26. The summed E-state index contributed by atoms with van der Waals surface area (Å²) in [6.45, 7) is 3.61. The number of carbonyl (C=O) groups is 2. The number of anilines is 1. The molecule has 0 saturated carbocycles. The molecule has 2 aromatic carbocycles. The van der Waals surface area contributed by atoms with Crippen molar-refractivity contribution in [3.8, 4) is 0 Å². The minimum absolute atomic E-state index is 0.0547. The Morgan fingerprint density at radius 3 is 2.44 bits per heavy atom. The predicted molar refractivity (Wildman–Crippen MR) is 109 cm³/mol. The van der Waals surface area contributed by atoms with E-state index >= 15 is 0 Å². The Morgan fingerprint density at radius 1 is 1.07 bits per heavy atom. The number of aryl methyl sites for hydroxylation is 1. The lowest BCUT2D eigenvalue weighted by molar-refractivity contribution is -0.136. The Balaban J connectivity index is 1.60. The van der Waals surface area contributed by atoms with E-state index in [0.717, 1.165) is 26.9 Å². The second-order valence-corrected chi connectivity index (χ2v) is 7.69. The summed E-state index contributed by atoms with van der Waals surface area (Å²) >= 11 is 1.47. The zero-order chi connectivity index (χ0) is 19.4. The summed E-state index contributed by atoms with van der Waals surface area (Å²) in [6.07, 6.45) is 0.904. The molecule has 1 atom stereocenters. The maximum atomic E-state index is 12.1. The van der Waals surface area contributed by atoms with Gasteiger partial charge in [-0.25, -0.2) is 0 Å². The highest BCUT2D eigenvalue weighted by Gasteiger charge is 2.27. The number of aliphatic hydroxyl groups is 1. The van der Waals surface area contributed by atoms with E-state index in [1.807, 2.05) is 49.4 Å². The highest BCUT2D eigenvalue weighted by Crippen LogP contribution is 2.32. The average Bonchev–Trinajstić information content (AvgIpc) is 3.12. The smallest absolute Gasteiger partial charge is 0.313 e. The zero-order valence-electron chi connectivity index (χ0n) is 15.3. The largest absolute Gasteiger partial charge is 0.383 e.